The number of nitrogens with zero attached hydrogens (tertiary/aromatic N) is 10. The van der Waals surface area contributed by atoms with Crippen molar-refractivity contribution in [1.82, 2.24) is 19.6 Å². The monoisotopic (exact) mass is 1020 g/mol. The van der Waals surface area contributed by atoms with E-state index >= 15 is 0 Å². The first-order valence-electron chi connectivity index (χ1n) is 15.8. The standard InChI is InChI=1S/2C16H12ClN5O7S.Fe.3Na/c2*1-8-15(19-18-12-6-9(22(25)26)2-5-14(12)23)16(24)21(20-8)13-7-10(30(27,28)29)3-4-11(13)17;;;;/h2*2-7,23-24H,1H3,(H,27,28,29);;;;/q;;+3;3*+1/p-6. The molecule has 2 heterocycles. The van der Waals surface area contributed by atoms with Gasteiger partial charge in [0, 0.05) is 36.0 Å². The summed E-state index contributed by atoms with van der Waals surface area (Å²) in [7, 11) is -9.62. The van der Waals surface area contributed by atoms with Crippen molar-refractivity contribution in [3.8, 4) is 34.6 Å². The van der Waals surface area contributed by atoms with Gasteiger partial charge >= 0.3 is 106 Å². The summed E-state index contributed by atoms with van der Waals surface area (Å²) in [6.07, 6.45) is 0. The molecule has 32 heteroatoms. The number of aromatic nitrogens is 4. The number of benzene rings is 4. The summed E-state index contributed by atoms with van der Waals surface area (Å²) in [5, 5.41) is 92.9. The number of nitro groups is 2. The van der Waals surface area contributed by atoms with Crippen molar-refractivity contribution in [2.75, 3.05) is 0 Å². The first-order chi connectivity index (χ1) is 28.0. The average molecular weight is 1030 g/mol. The van der Waals surface area contributed by atoms with Crippen molar-refractivity contribution >= 4 is 77.6 Å². The smallest absolute Gasteiger partial charge is 0.871 e. The SMILES string of the molecule is Cc1nn(-c2cc(S(=O)(=O)[O-])ccc2Cl)c([O-])c1N=Nc1cc([N+](=O)[O-])ccc1[O-].Cc1nn(-c2cc(S(=O)(=O)[O-])ccc2Cl)c([O-])c1N=Nc1cc([N+](=O)[O-])ccc1[O-].[Fe+3].[Na+].[Na+].[Na+]. The van der Waals surface area contributed by atoms with Crippen molar-refractivity contribution in [3.05, 3.63) is 114 Å². The van der Waals surface area contributed by atoms with Crippen LogP contribution in [0, 0.1) is 34.1 Å². The average Bonchev–Trinajstić information content (AvgIpc) is 3.61. The van der Waals surface area contributed by atoms with E-state index in [1.807, 2.05) is 0 Å². The van der Waals surface area contributed by atoms with Gasteiger partial charge in [0.15, 0.2) is 0 Å². The molecule has 317 valence electrons. The van der Waals surface area contributed by atoms with E-state index in [0.29, 0.717) is 0 Å². The first-order valence-corrected chi connectivity index (χ1v) is 19.3. The molecule has 24 nitrogen and oxygen atoms in total. The molecule has 1 radical (unpaired) electrons. The van der Waals surface area contributed by atoms with Crippen LogP contribution in [0.5, 0.6) is 23.3 Å². The van der Waals surface area contributed by atoms with E-state index in [0.717, 1.165) is 82.2 Å². The molecule has 6 rings (SSSR count). The van der Waals surface area contributed by atoms with E-state index in [1.54, 1.807) is 0 Å². The number of azo groups is 2. The molecule has 0 aliphatic carbocycles. The van der Waals surface area contributed by atoms with Crippen LogP contribution in [-0.2, 0) is 37.3 Å². The van der Waals surface area contributed by atoms with Gasteiger partial charge in [-0.1, -0.05) is 46.8 Å². The third-order valence-electron chi connectivity index (χ3n) is 7.67. The minimum Gasteiger partial charge on any atom is -0.871 e. The zero-order valence-corrected chi connectivity index (χ0v) is 43.3. The number of rotatable bonds is 10. The van der Waals surface area contributed by atoms with Gasteiger partial charge in [-0.25, -0.2) is 26.2 Å². The molecule has 6 aromatic rings. The molecular formula is C32H18Cl2FeN10Na3O14S2. The van der Waals surface area contributed by atoms with Crippen LogP contribution in [0.15, 0.2) is 103 Å². The molecular weight excluding hydrogens is 1010 g/mol. The Morgan fingerprint density at radius 2 is 0.891 bits per heavy atom. The van der Waals surface area contributed by atoms with Crippen molar-refractivity contribution in [1.29, 1.82) is 0 Å². The maximum absolute atomic E-state index is 12.7. The van der Waals surface area contributed by atoms with Gasteiger partial charge in [0.2, 0.25) is 0 Å². The molecule has 64 heavy (non-hydrogen) atoms. The van der Waals surface area contributed by atoms with Crippen LogP contribution in [0.3, 0.4) is 0 Å². The Hall–Kier alpha value is -3.58. The summed E-state index contributed by atoms with van der Waals surface area (Å²) < 4.78 is 68.9. The molecule has 0 atom stereocenters. The molecule has 0 saturated carbocycles. The normalized spacial score (nSPS) is 11.1. The molecule has 0 amide bonds. The largest absolute Gasteiger partial charge is 3.00 e. The number of halogens is 2. The second kappa shape index (κ2) is 23.7. The maximum Gasteiger partial charge on any atom is 3.00 e. The Morgan fingerprint density at radius 1 is 0.562 bits per heavy atom. The predicted molar refractivity (Wildman–Crippen MR) is 195 cm³/mol. The van der Waals surface area contributed by atoms with Gasteiger partial charge in [-0.3, -0.25) is 20.2 Å². The fourth-order valence-electron chi connectivity index (χ4n) is 4.78. The number of hydrogen-bond donors (Lipinski definition) is 0. The summed E-state index contributed by atoms with van der Waals surface area (Å²) >= 11 is 12.0. The summed E-state index contributed by atoms with van der Waals surface area (Å²) in [5.41, 5.74) is -2.39. The molecule has 0 aliphatic rings. The van der Waals surface area contributed by atoms with Crippen LogP contribution in [0.2, 0.25) is 10.0 Å². The van der Waals surface area contributed by atoms with Crippen molar-refractivity contribution in [3.63, 3.8) is 0 Å². The third kappa shape index (κ3) is 13.7. The predicted octanol–water partition coefficient (Wildman–Crippen LogP) is -4.57. The Bertz CT molecular complexity index is 2830. The Balaban J connectivity index is 0.000000602. The Morgan fingerprint density at radius 3 is 1.19 bits per heavy atom. The van der Waals surface area contributed by atoms with Gasteiger partial charge in [0.05, 0.1) is 63.8 Å². The Kier molecular flexibility index (Phi) is 21.7. The zero-order valence-electron chi connectivity index (χ0n) is 33.0. The minimum absolute atomic E-state index is 0. The minimum atomic E-state index is -4.81. The summed E-state index contributed by atoms with van der Waals surface area (Å²) in [5.74, 6) is -3.04. The molecule has 4 aromatic carbocycles. The van der Waals surface area contributed by atoms with Crippen LogP contribution in [0.4, 0.5) is 34.1 Å². The fraction of sp³-hybridized carbons (Fsp3) is 0.0625. The van der Waals surface area contributed by atoms with E-state index in [-0.39, 0.29) is 173 Å². The molecule has 0 bridgehead atoms. The molecule has 0 N–H and O–H groups in total. The van der Waals surface area contributed by atoms with Crippen molar-refractivity contribution in [2.45, 2.75) is 23.6 Å². The molecule has 0 fully saturated rings. The number of nitro benzene ring substituents is 2. The summed E-state index contributed by atoms with van der Waals surface area (Å²) in [6, 6.07) is 11.6. The fourth-order valence-corrected chi connectivity index (χ4v) is 6.15. The van der Waals surface area contributed by atoms with Gasteiger partial charge in [-0.05, 0) is 50.2 Å². The number of non-ortho nitro benzene ring substituents is 2. The van der Waals surface area contributed by atoms with Crippen molar-refractivity contribution < 1.29 is 162 Å². The van der Waals surface area contributed by atoms with Crippen LogP contribution in [-0.4, -0.2) is 55.3 Å². The zero-order chi connectivity index (χ0) is 44.4. The van der Waals surface area contributed by atoms with Gasteiger partial charge in [0.1, 0.15) is 31.6 Å². The van der Waals surface area contributed by atoms with Crippen LogP contribution in [0.1, 0.15) is 11.4 Å². The van der Waals surface area contributed by atoms with E-state index in [2.05, 4.69) is 30.7 Å². The van der Waals surface area contributed by atoms with Crippen LogP contribution >= 0.6 is 23.2 Å². The molecule has 0 unspecified atom stereocenters. The second-order valence-electron chi connectivity index (χ2n) is 11.7. The summed E-state index contributed by atoms with van der Waals surface area (Å²) in [4.78, 5) is 19.0. The molecule has 2 aromatic heterocycles. The molecule has 0 spiro atoms. The Labute approximate surface area is 447 Å². The van der Waals surface area contributed by atoms with Gasteiger partial charge < -0.3 is 29.5 Å². The topological polar surface area (TPSA) is 378 Å². The first kappa shape index (κ1) is 58.4. The van der Waals surface area contributed by atoms with Gasteiger partial charge in [-0.2, -0.15) is 20.4 Å². The van der Waals surface area contributed by atoms with E-state index in [4.69, 9.17) is 23.2 Å². The van der Waals surface area contributed by atoms with Crippen LogP contribution in [0.25, 0.3) is 11.4 Å². The number of aryl methyl sites for hydroxylation is 2. The third-order valence-corrected chi connectivity index (χ3v) is 9.97. The quantitative estimate of drug-likeness (QED) is 0.0410. The van der Waals surface area contributed by atoms with Gasteiger partial charge in [0.25, 0.3) is 11.4 Å². The number of hydrogen-bond acceptors (Lipinski definition) is 20. The molecule has 0 aliphatic heterocycles. The summed E-state index contributed by atoms with van der Waals surface area (Å²) in [6.45, 7) is 2.78. The van der Waals surface area contributed by atoms with E-state index in [9.17, 15) is 66.6 Å². The molecule has 0 saturated heterocycles. The van der Waals surface area contributed by atoms with E-state index in [1.165, 1.54) is 13.8 Å². The van der Waals surface area contributed by atoms with E-state index < -0.39 is 63.1 Å². The maximum atomic E-state index is 12.7. The van der Waals surface area contributed by atoms with Crippen molar-refractivity contribution in [2.24, 2.45) is 20.5 Å². The van der Waals surface area contributed by atoms with Gasteiger partial charge in [-0.15, -0.1) is 10.2 Å². The second-order valence-corrected chi connectivity index (χ2v) is 15.2. The van der Waals surface area contributed by atoms with Crippen LogP contribution < -0.4 is 109 Å².